The van der Waals surface area contributed by atoms with E-state index in [1.54, 1.807) is 54.6 Å². The number of fused-ring (bicyclic) bond motifs is 1. The van der Waals surface area contributed by atoms with Crippen molar-refractivity contribution in [2.45, 2.75) is 12.7 Å². The van der Waals surface area contributed by atoms with Crippen LogP contribution in [-0.4, -0.2) is 19.3 Å². The van der Waals surface area contributed by atoms with Gasteiger partial charge in [0.15, 0.2) is 5.13 Å². The van der Waals surface area contributed by atoms with Crippen molar-refractivity contribution >= 4 is 48.3 Å². The molecule has 1 aromatic heterocycles. The number of aryl methyl sites for hydroxylation is 1. The summed E-state index contributed by atoms with van der Waals surface area (Å²) in [5.74, 6) is -0.348. The molecule has 152 valence electrons. The Bertz CT molecular complexity index is 1300. The first-order chi connectivity index (χ1) is 14.4. The molecule has 0 aliphatic rings. The van der Waals surface area contributed by atoms with E-state index in [0.717, 1.165) is 10.3 Å². The Morgan fingerprint density at radius 2 is 1.73 bits per heavy atom. The zero-order chi connectivity index (χ0) is 21.1. The number of thiazole rings is 1. The maximum Gasteiger partial charge on any atom is 0.257 e. The number of carbonyl (C=O) groups is 1. The molecule has 0 unspecified atom stereocenters. The van der Waals surface area contributed by atoms with Gasteiger partial charge in [-0.05, 0) is 42.8 Å². The summed E-state index contributed by atoms with van der Waals surface area (Å²) < 4.78 is 28.3. The first kappa shape index (κ1) is 20.1. The van der Waals surface area contributed by atoms with E-state index in [1.165, 1.54) is 11.3 Å². The van der Waals surface area contributed by atoms with Crippen molar-refractivity contribution in [1.29, 1.82) is 0 Å². The zero-order valence-corrected chi connectivity index (χ0v) is 17.8. The largest absolute Gasteiger partial charge is 0.298 e. The summed E-state index contributed by atoms with van der Waals surface area (Å²) in [6.07, 6.45) is 0. The summed E-state index contributed by atoms with van der Waals surface area (Å²) in [5.41, 5.74) is 3.38. The van der Waals surface area contributed by atoms with Crippen molar-refractivity contribution in [3.63, 3.8) is 0 Å². The van der Waals surface area contributed by atoms with Crippen LogP contribution in [0.5, 0.6) is 0 Å². The number of nitrogens with zero attached hydrogens (tertiary/aromatic N) is 1. The normalized spacial score (nSPS) is 11.4. The summed E-state index contributed by atoms with van der Waals surface area (Å²) in [5, 5.41) is 3.26. The maximum atomic E-state index is 12.5. The molecule has 0 fully saturated rings. The zero-order valence-electron chi connectivity index (χ0n) is 16.1. The second-order valence-corrected chi connectivity index (χ2v) is 9.62. The van der Waals surface area contributed by atoms with Crippen LogP contribution in [0.2, 0.25) is 0 Å². The minimum atomic E-state index is -3.55. The molecule has 8 heteroatoms. The Kier molecular flexibility index (Phi) is 5.52. The van der Waals surface area contributed by atoms with Crippen LogP contribution < -0.4 is 10.0 Å². The second kappa shape index (κ2) is 8.25. The predicted molar refractivity (Wildman–Crippen MR) is 121 cm³/mol. The summed E-state index contributed by atoms with van der Waals surface area (Å²) in [7, 11) is -3.55. The van der Waals surface area contributed by atoms with Crippen molar-refractivity contribution in [3.05, 3.63) is 89.5 Å². The third kappa shape index (κ3) is 4.84. The number of carbonyl (C=O) groups excluding carboxylic acids is 1. The Hall–Kier alpha value is -3.23. The molecule has 4 aromatic rings. The lowest BCUT2D eigenvalue weighted by atomic mass is 10.1. The number of hydrogen-bond acceptors (Lipinski definition) is 5. The average Bonchev–Trinajstić information content (AvgIpc) is 3.10. The van der Waals surface area contributed by atoms with Crippen molar-refractivity contribution in [1.82, 2.24) is 4.98 Å². The van der Waals surface area contributed by atoms with Gasteiger partial charge in [-0.3, -0.25) is 14.8 Å². The Labute approximate surface area is 178 Å². The van der Waals surface area contributed by atoms with E-state index < -0.39 is 10.0 Å². The number of rotatable bonds is 6. The monoisotopic (exact) mass is 437 g/mol. The highest BCUT2D eigenvalue weighted by Crippen LogP contribution is 2.29. The first-order valence-corrected chi connectivity index (χ1v) is 11.7. The molecule has 4 rings (SSSR count). The van der Waals surface area contributed by atoms with E-state index in [2.05, 4.69) is 15.0 Å². The molecule has 1 heterocycles. The molecule has 2 N–H and O–H groups in total. The van der Waals surface area contributed by atoms with Gasteiger partial charge in [-0.25, -0.2) is 13.4 Å². The van der Waals surface area contributed by atoms with Crippen molar-refractivity contribution < 1.29 is 13.2 Å². The third-order valence-electron chi connectivity index (χ3n) is 4.39. The molecule has 0 saturated heterocycles. The molecule has 3 aromatic carbocycles. The van der Waals surface area contributed by atoms with E-state index in [4.69, 9.17) is 0 Å². The summed E-state index contributed by atoms with van der Waals surface area (Å²) in [6.45, 7) is 1.96. The van der Waals surface area contributed by atoms with Gasteiger partial charge in [0.05, 0.1) is 21.7 Å². The fourth-order valence-corrected chi connectivity index (χ4v) is 4.96. The second-order valence-electron chi connectivity index (χ2n) is 6.87. The third-order valence-corrected chi connectivity index (χ3v) is 6.61. The van der Waals surface area contributed by atoms with Gasteiger partial charge >= 0.3 is 0 Å². The van der Waals surface area contributed by atoms with E-state index in [1.807, 2.05) is 25.1 Å². The maximum absolute atomic E-state index is 12.5. The van der Waals surface area contributed by atoms with Crippen LogP contribution in [-0.2, 0) is 15.8 Å². The van der Waals surface area contributed by atoms with Gasteiger partial charge in [-0.15, -0.1) is 0 Å². The van der Waals surface area contributed by atoms with Crippen LogP contribution in [0.15, 0.2) is 72.8 Å². The molecule has 0 aliphatic heterocycles. The Morgan fingerprint density at radius 3 is 2.47 bits per heavy atom. The van der Waals surface area contributed by atoms with E-state index in [-0.39, 0.29) is 11.7 Å². The highest BCUT2D eigenvalue weighted by Gasteiger charge is 2.14. The van der Waals surface area contributed by atoms with Crippen LogP contribution in [0.25, 0.3) is 10.2 Å². The molecule has 0 spiro atoms. The van der Waals surface area contributed by atoms with Gasteiger partial charge < -0.3 is 0 Å². The molecule has 6 nitrogen and oxygen atoms in total. The number of hydrogen-bond donors (Lipinski definition) is 2. The van der Waals surface area contributed by atoms with Crippen LogP contribution in [0.3, 0.4) is 0 Å². The van der Waals surface area contributed by atoms with E-state index >= 15 is 0 Å². The lowest BCUT2D eigenvalue weighted by Gasteiger charge is -2.08. The summed E-state index contributed by atoms with van der Waals surface area (Å²) in [4.78, 5) is 16.8. The highest BCUT2D eigenvalue weighted by atomic mass is 32.2. The Balaban J connectivity index is 1.49. The molecule has 0 aliphatic carbocycles. The average molecular weight is 438 g/mol. The SMILES string of the molecule is Cc1ccc(C(=O)Nc2nc3cc(NS(=O)(=O)Cc4ccccc4)ccc3s2)cc1. The number of nitrogens with one attached hydrogen (secondary N) is 2. The minimum absolute atomic E-state index is 0.110. The Morgan fingerprint density at radius 1 is 1.00 bits per heavy atom. The smallest absolute Gasteiger partial charge is 0.257 e. The predicted octanol–water partition coefficient (Wildman–Crippen LogP) is 4.80. The van der Waals surface area contributed by atoms with Crippen LogP contribution in [0.4, 0.5) is 10.8 Å². The van der Waals surface area contributed by atoms with Gasteiger partial charge in [0.2, 0.25) is 10.0 Å². The van der Waals surface area contributed by atoms with Gasteiger partial charge in [0, 0.05) is 5.56 Å². The molecular formula is C22H19N3O3S2. The fourth-order valence-electron chi connectivity index (χ4n) is 2.93. The van der Waals surface area contributed by atoms with Gasteiger partial charge in [0.1, 0.15) is 0 Å². The standard InChI is InChI=1S/C22H19N3O3S2/c1-15-7-9-17(10-8-15)21(26)24-22-23-19-13-18(11-12-20(19)29-22)25-30(27,28)14-16-5-3-2-4-6-16/h2-13,25H,14H2,1H3,(H,23,24,26). The van der Waals surface area contributed by atoms with E-state index in [0.29, 0.717) is 27.5 Å². The number of anilines is 2. The van der Waals surface area contributed by atoms with Crippen LogP contribution in [0, 0.1) is 6.92 Å². The molecule has 30 heavy (non-hydrogen) atoms. The number of amides is 1. The van der Waals surface area contributed by atoms with Gasteiger partial charge in [-0.1, -0.05) is 59.4 Å². The number of benzene rings is 3. The van der Waals surface area contributed by atoms with Crippen molar-refractivity contribution in [2.24, 2.45) is 0 Å². The fraction of sp³-hybridized carbons (Fsp3) is 0.0909. The highest BCUT2D eigenvalue weighted by molar-refractivity contribution is 7.91. The topological polar surface area (TPSA) is 88.2 Å². The molecule has 0 radical (unpaired) electrons. The van der Waals surface area contributed by atoms with Gasteiger partial charge in [-0.2, -0.15) is 0 Å². The molecular weight excluding hydrogens is 418 g/mol. The van der Waals surface area contributed by atoms with Crippen LogP contribution in [0.1, 0.15) is 21.5 Å². The molecule has 0 atom stereocenters. The van der Waals surface area contributed by atoms with Crippen LogP contribution >= 0.6 is 11.3 Å². The molecule has 0 saturated carbocycles. The number of aromatic nitrogens is 1. The lowest BCUT2D eigenvalue weighted by Crippen LogP contribution is -2.14. The quantitative estimate of drug-likeness (QED) is 0.454. The van der Waals surface area contributed by atoms with Crippen molar-refractivity contribution in [3.8, 4) is 0 Å². The minimum Gasteiger partial charge on any atom is -0.298 e. The lowest BCUT2D eigenvalue weighted by molar-refractivity contribution is 0.102. The summed E-state index contributed by atoms with van der Waals surface area (Å²) >= 11 is 1.33. The summed E-state index contributed by atoms with van der Waals surface area (Å²) in [6, 6.07) is 21.4. The number of sulfonamides is 1. The first-order valence-electron chi connectivity index (χ1n) is 9.21. The van der Waals surface area contributed by atoms with Crippen molar-refractivity contribution in [2.75, 3.05) is 10.0 Å². The van der Waals surface area contributed by atoms with E-state index in [9.17, 15) is 13.2 Å². The van der Waals surface area contributed by atoms with Gasteiger partial charge in [0.25, 0.3) is 5.91 Å². The molecule has 1 amide bonds. The molecule has 0 bridgehead atoms.